The lowest BCUT2D eigenvalue weighted by atomic mass is 10.1. The first-order valence-corrected chi connectivity index (χ1v) is 8.96. The van der Waals surface area contributed by atoms with Crippen LogP contribution in [0.25, 0.3) is 0 Å². The minimum Gasteiger partial charge on any atom is -0.444 e. The van der Waals surface area contributed by atoms with E-state index in [0.717, 1.165) is 43.1 Å². The maximum atomic E-state index is 13.0. The molecule has 0 unspecified atom stereocenters. The average molecular weight is 343 g/mol. The Hall–Kier alpha value is -2.05. The van der Waals surface area contributed by atoms with Crippen molar-refractivity contribution >= 4 is 11.3 Å². The molecule has 0 bridgehead atoms. The van der Waals surface area contributed by atoms with Gasteiger partial charge >= 0.3 is 0 Å². The Balaban J connectivity index is 1.46. The van der Waals surface area contributed by atoms with E-state index in [1.807, 2.05) is 11.7 Å². The summed E-state index contributed by atoms with van der Waals surface area (Å²) in [7, 11) is 0. The number of aromatic nitrogens is 2. The number of oxazole rings is 1. The second kappa shape index (κ2) is 6.83. The summed E-state index contributed by atoms with van der Waals surface area (Å²) in [5.74, 6) is 1.39. The van der Waals surface area contributed by atoms with Crippen LogP contribution in [-0.2, 0) is 13.0 Å². The number of nitrogens with zero attached hydrogens (tertiary/aromatic N) is 3. The molecule has 2 aromatic heterocycles. The van der Waals surface area contributed by atoms with Crippen molar-refractivity contribution in [2.75, 3.05) is 6.54 Å². The van der Waals surface area contributed by atoms with Crippen LogP contribution in [0.4, 0.5) is 4.39 Å². The largest absolute Gasteiger partial charge is 0.444 e. The zero-order valence-corrected chi connectivity index (χ0v) is 14.0. The first-order valence-electron chi connectivity index (χ1n) is 8.08. The van der Waals surface area contributed by atoms with E-state index in [1.165, 1.54) is 17.0 Å². The molecule has 0 N–H and O–H groups in total. The average Bonchev–Trinajstić information content (AvgIpc) is 3.32. The Morgan fingerprint density at radius 1 is 1.25 bits per heavy atom. The van der Waals surface area contributed by atoms with Crippen molar-refractivity contribution in [1.82, 2.24) is 14.9 Å². The van der Waals surface area contributed by atoms with Crippen LogP contribution in [0.1, 0.15) is 41.0 Å². The molecule has 1 aliphatic rings. The lowest BCUT2D eigenvalue weighted by molar-refractivity contribution is 0.214. The van der Waals surface area contributed by atoms with Gasteiger partial charge < -0.3 is 4.42 Å². The normalized spacial score (nSPS) is 18.3. The lowest BCUT2D eigenvalue weighted by Gasteiger charge is -2.20. The highest BCUT2D eigenvalue weighted by molar-refractivity contribution is 7.09. The molecule has 1 aromatic carbocycles. The molecule has 1 aliphatic heterocycles. The molecule has 0 amide bonds. The predicted octanol–water partition coefficient (Wildman–Crippen LogP) is 4.20. The van der Waals surface area contributed by atoms with E-state index in [-0.39, 0.29) is 11.9 Å². The molecule has 3 heterocycles. The van der Waals surface area contributed by atoms with Crippen LogP contribution >= 0.6 is 11.3 Å². The Kier molecular flexibility index (Phi) is 4.40. The summed E-state index contributed by atoms with van der Waals surface area (Å²) in [4.78, 5) is 12.3. The Labute approximate surface area is 144 Å². The fourth-order valence-corrected chi connectivity index (χ4v) is 3.80. The third kappa shape index (κ3) is 3.39. The zero-order valence-electron chi connectivity index (χ0n) is 13.2. The molecule has 24 heavy (non-hydrogen) atoms. The van der Waals surface area contributed by atoms with Gasteiger partial charge in [0.05, 0.1) is 17.7 Å². The van der Waals surface area contributed by atoms with Crippen molar-refractivity contribution in [3.63, 3.8) is 0 Å². The standard InChI is InChI=1S/C18H18FN3OS/c19-14-5-3-13(4-6-14)8-15-9-21-18(23-15)17-2-1-7-22(17)11-16-10-20-12-24-16/h3-6,9-10,12,17H,1-2,7-8,11H2/t17-/m0/s1. The number of thiazole rings is 1. The molecular weight excluding hydrogens is 325 g/mol. The van der Waals surface area contributed by atoms with Crippen LogP contribution in [0, 0.1) is 5.82 Å². The number of hydrogen-bond acceptors (Lipinski definition) is 5. The molecule has 0 saturated carbocycles. The molecule has 3 aromatic rings. The maximum Gasteiger partial charge on any atom is 0.211 e. The van der Waals surface area contributed by atoms with Crippen LogP contribution in [0.5, 0.6) is 0 Å². The number of benzene rings is 1. The highest BCUT2D eigenvalue weighted by Gasteiger charge is 2.30. The third-order valence-corrected chi connectivity index (χ3v) is 5.12. The smallest absolute Gasteiger partial charge is 0.211 e. The van der Waals surface area contributed by atoms with Crippen molar-refractivity contribution in [3.05, 3.63) is 70.1 Å². The zero-order chi connectivity index (χ0) is 16.4. The number of halogens is 1. The van der Waals surface area contributed by atoms with Crippen molar-refractivity contribution in [3.8, 4) is 0 Å². The molecule has 1 fully saturated rings. The van der Waals surface area contributed by atoms with Gasteiger partial charge in [-0.3, -0.25) is 9.88 Å². The van der Waals surface area contributed by atoms with Gasteiger partial charge in [-0.15, -0.1) is 11.3 Å². The summed E-state index contributed by atoms with van der Waals surface area (Å²) in [6, 6.07) is 6.74. The molecule has 4 nitrogen and oxygen atoms in total. The highest BCUT2D eigenvalue weighted by Crippen LogP contribution is 2.33. The van der Waals surface area contributed by atoms with Crippen LogP contribution in [0.15, 0.2) is 46.6 Å². The van der Waals surface area contributed by atoms with E-state index >= 15 is 0 Å². The van der Waals surface area contributed by atoms with Crippen molar-refractivity contribution in [2.45, 2.75) is 31.8 Å². The quantitative estimate of drug-likeness (QED) is 0.696. The van der Waals surface area contributed by atoms with Gasteiger partial charge in [-0.1, -0.05) is 12.1 Å². The van der Waals surface area contributed by atoms with Crippen LogP contribution < -0.4 is 0 Å². The lowest BCUT2D eigenvalue weighted by Crippen LogP contribution is -2.22. The molecule has 124 valence electrons. The molecule has 4 rings (SSSR count). The van der Waals surface area contributed by atoms with E-state index < -0.39 is 0 Å². The summed E-state index contributed by atoms with van der Waals surface area (Å²) < 4.78 is 19.0. The van der Waals surface area contributed by atoms with Gasteiger partial charge in [0.25, 0.3) is 0 Å². The van der Waals surface area contributed by atoms with Gasteiger partial charge in [-0.25, -0.2) is 9.37 Å². The van der Waals surface area contributed by atoms with Crippen molar-refractivity contribution in [1.29, 1.82) is 0 Å². The Morgan fingerprint density at radius 2 is 2.12 bits per heavy atom. The third-order valence-electron chi connectivity index (χ3n) is 4.35. The number of hydrogen-bond donors (Lipinski definition) is 0. The maximum absolute atomic E-state index is 13.0. The van der Waals surface area contributed by atoms with E-state index in [1.54, 1.807) is 29.7 Å². The summed E-state index contributed by atoms with van der Waals surface area (Å²) in [6.45, 7) is 1.95. The van der Waals surface area contributed by atoms with Gasteiger partial charge in [0.1, 0.15) is 11.6 Å². The topological polar surface area (TPSA) is 42.2 Å². The van der Waals surface area contributed by atoms with Crippen molar-refractivity contribution < 1.29 is 8.81 Å². The van der Waals surface area contributed by atoms with Crippen molar-refractivity contribution in [2.24, 2.45) is 0 Å². The van der Waals surface area contributed by atoms with Gasteiger partial charge in [-0.05, 0) is 37.1 Å². The fourth-order valence-electron chi connectivity index (χ4n) is 3.18. The minimum absolute atomic E-state index is 0.221. The van der Waals surface area contributed by atoms with E-state index in [2.05, 4.69) is 14.9 Å². The predicted molar refractivity (Wildman–Crippen MR) is 90.2 cm³/mol. The van der Waals surface area contributed by atoms with Gasteiger partial charge in [0.2, 0.25) is 5.89 Å². The second-order valence-electron chi connectivity index (χ2n) is 6.06. The van der Waals surface area contributed by atoms with Gasteiger partial charge in [0.15, 0.2) is 0 Å². The van der Waals surface area contributed by atoms with Crippen LogP contribution in [0.3, 0.4) is 0 Å². The van der Waals surface area contributed by atoms with E-state index in [0.29, 0.717) is 6.42 Å². The van der Waals surface area contributed by atoms with E-state index in [4.69, 9.17) is 4.42 Å². The Bertz CT molecular complexity index is 785. The van der Waals surface area contributed by atoms with E-state index in [9.17, 15) is 4.39 Å². The molecular formula is C18H18FN3OS. The monoisotopic (exact) mass is 343 g/mol. The molecule has 0 spiro atoms. The van der Waals surface area contributed by atoms with Crippen LogP contribution in [0.2, 0.25) is 0 Å². The highest BCUT2D eigenvalue weighted by atomic mass is 32.1. The summed E-state index contributed by atoms with van der Waals surface area (Å²) >= 11 is 1.68. The SMILES string of the molecule is Fc1ccc(Cc2cnc([C@@H]3CCCN3Cc3cncs3)o2)cc1. The molecule has 0 radical (unpaired) electrons. The second-order valence-corrected chi connectivity index (χ2v) is 7.04. The molecule has 1 saturated heterocycles. The Morgan fingerprint density at radius 3 is 2.92 bits per heavy atom. The summed E-state index contributed by atoms with van der Waals surface area (Å²) in [5, 5.41) is 0. The first kappa shape index (κ1) is 15.5. The first-order chi connectivity index (χ1) is 11.8. The number of rotatable bonds is 5. The minimum atomic E-state index is -0.221. The van der Waals surface area contributed by atoms with Crippen LogP contribution in [-0.4, -0.2) is 21.4 Å². The number of likely N-dealkylation sites (tertiary alicyclic amines) is 1. The summed E-state index contributed by atoms with van der Waals surface area (Å²) in [5.41, 5.74) is 2.89. The molecule has 0 aliphatic carbocycles. The van der Waals surface area contributed by atoms with Gasteiger partial charge in [-0.2, -0.15) is 0 Å². The fraction of sp³-hybridized carbons (Fsp3) is 0.333. The summed E-state index contributed by atoms with van der Waals surface area (Å²) in [6.07, 6.45) is 6.57. The molecule has 6 heteroatoms. The van der Waals surface area contributed by atoms with Gasteiger partial charge in [0, 0.05) is 24.0 Å². The molecule has 1 atom stereocenters.